The number of aromatic nitrogens is 2. The monoisotopic (exact) mass is 537 g/mol. The second-order valence-corrected chi connectivity index (χ2v) is 9.44. The molecule has 4 aromatic rings. The van der Waals surface area contributed by atoms with Crippen LogP contribution in [-0.2, 0) is 4.79 Å². The van der Waals surface area contributed by atoms with Crippen LogP contribution in [0, 0.1) is 0 Å². The summed E-state index contributed by atoms with van der Waals surface area (Å²) in [5.74, 6) is 3.15. The predicted octanol–water partition coefficient (Wildman–Crippen LogP) is 5.92. The van der Waals surface area contributed by atoms with Crippen molar-refractivity contribution >= 4 is 35.0 Å². The van der Waals surface area contributed by atoms with Crippen LogP contribution in [0.1, 0.15) is 0 Å². The average Bonchev–Trinajstić information content (AvgIpc) is 3.36. The number of anilines is 1. The molecule has 0 bridgehead atoms. The number of H-pyrrole nitrogens is 1. The summed E-state index contributed by atoms with van der Waals surface area (Å²) in [6, 6.07) is 18.4. The Morgan fingerprint density at radius 1 is 0.973 bits per heavy atom. The lowest BCUT2D eigenvalue weighted by molar-refractivity contribution is -0.113. The molecule has 37 heavy (non-hydrogen) atoms. The predicted molar refractivity (Wildman–Crippen MR) is 144 cm³/mol. The molecule has 190 valence electrons. The van der Waals surface area contributed by atoms with Crippen molar-refractivity contribution in [3.05, 3.63) is 65.7 Å². The van der Waals surface area contributed by atoms with Gasteiger partial charge in [0.1, 0.15) is 24.1 Å². The van der Waals surface area contributed by atoms with Gasteiger partial charge in [0.15, 0.2) is 23.0 Å². The van der Waals surface area contributed by atoms with Gasteiger partial charge in [0.2, 0.25) is 5.91 Å². The van der Waals surface area contributed by atoms with Crippen LogP contribution < -0.4 is 24.3 Å². The van der Waals surface area contributed by atoms with Gasteiger partial charge in [-0.2, -0.15) is 0 Å². The Morgan fingerprint density at radius 3 is 2.46 bits per heavy atom. The van der Waals surface area contributed by atoms with E-state index in [4.69, 9.17) is 35.5 Å². The average molecular weight is 538 g/mol. The maximum absolute atomic E-state index is 12.8. The van der Waals surface area contributed by atoms with Crippen molar-refractivity contribution in [1.82, 2.24) is 9.97 Å². The SMILES string of the molecule is COc1ccc(-c2[nH]c(-c3ccc(Cl)cc3)nc2SCC(=O)Nc2ccc3c(c2)OCCO3)cc1OC. The van der Waals surface area contributed by atoms with Crippen molar-refractivity contribution in [1.29, 1.82) is 0 Å². The standard InChI is InChI=1S/C27H24ClN3O5S/c1-33-20-9-5-17(13-22(20)34-2)25-27(31-26(30-25)16-3-6-18(28)7-4-16)37-15-24(32)29-19-8-10-21-23(14-19)36-12-11-35-21/h3-10,13-14H,11-12,15H2,1-2H3,(H,29,32)(H,30,31). The van der Waals surface area contributed by atoms with Crippen molar-refractivity contribution in [2.75, 3.05) is 38.5 Å². The molecule has 1 amide bonds. The number of imidazole rings is 1. The van der Waals surface area contributed by atoms with Crippen LogP contribution in [0.4, 0.5) is 5.69 Å². The fourth-order valence-corrected chi connectivity index (χ4v) is 4.78. The minimum atomic E-state index is -0.170. The zero-order valence-electron chi connectivity index (χ0n) is 20.2. The van der Waals surface area contributed by atoms with Gasteiger partial charge < -0.3 is 29.2 Å². The number of nitrogens with zero attached hydrogens (tertiary/aromatic N) is 1. The normalized spacial score (nSPS) is 12.2. The van der Waals surface area contributed by atoms with E-state index in [0.717, 1.165) is 16.8 Å². The number of methoxy groups -OCH3 is 2. The smallest absolute Gasteiger partial charge is 0.234 e. The molecule has 5 rings (SSSR count). The van der Waals surface area contributed by atoms with Gasteiger partial charge in [-0.3, -0.25) is 4.79 Å². The Kier molecular flexibility index (Phi) is 7.43. The summed E-state index contributed by atoms with van der Waals surface area (Å²) in [4.78, 5) is 21.0. The summed E-state index contributed by atoms with van der Waals surface area (Å²) in [6.45, 7) is 0.994. The summed E-state index contributed by atoms with van der Waals surface area (Å²) >= 11 is 7.40. The van der Waals surface area contributed by atoms with Crippen LogP contribution in [0.3, 0.4) is 0 Å². The molecule has 0 aliphatic carbocycles. The number of amides is 1. The van der Waals surface area contributed by atoms with Crippen molar-refractivity contribution in [3.63, 3.8) is 0 Å². The Labute approximate surface area is 223 Å². The highest BCUT2D eigenvalue weighted by Gasteiger charge is 2.18. The van der Waals surface area contributed by atoms with E-state index in [2.05, 4.69) is 10.3 Å². The Balaban J connectivity index is 1.39. The van der Waals surface area contributed by atoms with E-state index in [9.17, 15) is 4.79 Å². The Hall–Kier alpha value is -3.82. The highest BCUT2D eigenvalue weighted by Crippen LogP contribution is 2.37. The molecule has 0 unspecified atom stereocenters. The number of nitrogens with one attached hydrogen (secondary N) is 2. The third kappa shape index (κ3) is 5.63. The van der Waals surface area contributed by atoms with Crippen LogP contribution in [0.5, 0.6) is 23.0 Å². The zero-order chi connectivity index (χ0) is 25.8. The number of benzene rings is 3. The number of carbonyl (C=O) groups excluding carboxylic acids is 1. The molecular formula is C27H24ClN3O5S. The number of aromatic amines is 1. The van der Waals surface area contributed by atoms with Crippen molar-refractivity contribution in [2.24, 2.45) is 0 Å². The summed E-state index contributed by atoms with van der Waals surface area (Å²) in [7, 11) is 3.18. The second-order valence-electron chi connectivity index (χ2n) is 8.04. The molecule has 1 aromatic heterocycles. The first-order chi connectivity index (χ1) is 18.0. The summed E-state index contributed by atoms with van der Waals surface area (Å²) in [6.07, 6.45) is 0. The number of halogens is 1. The number of hydrogen-bond donors (Lipinski definition) is 2. The van der Waals surface area contributed by atoms with E-state index in [0.29, 0.717) is 57.8 Å². The van der Waals surface area contributed by atoms with Gasteiger partial charge in [0.25, 0.3) is 0 Å². The second kappa shape index (κ2) is 11.1. The van der Waals surface area contributed by atoms with E-state index in [1.165, 1.54) is 11.8 Å². The highest BCUT2D eigenvalue weighted by atomic mass is 35.5. The Bertz CT molecular complexity index is 1420. The quantitative estimate of drug-likeness (QED) is 0.269. The minimum absolute atomic E-state index is 0.152. The molecular weight excluding hydrogens is 514 g/mol. The molecule has 2 N–H and O–H groups in total. The fourth-order valence-electron chi connectivity index (χ4n) is 3.85. The summed E-state index contributed by atoms with van der Waals surface area (Å²) < 4.78 is 22.0. The third-order valence-corrected chi connectivity index (χ3v) is 6.85. The van der Waals surface area contributed by atoms with Crippen molar-refractivity contribution in [2.45, 2.75) is 5.03 Å². The molecule has 0 atom stereocenters. The largest absolute Gasteiger partial charge is 0.493 e. The van der Waals surface area contributed by atoms with Gasteiger partial charge in [0, 0.05) is 27.9 Å². The van der Waals surface area contributed by atoms with Gasteiger partial charge >= 0.3 is 0 Å². The van der Waals surface area contributed by atoms with E-state index < -0.39 is 0 Å². The number of ether oxygens (including phenoxy) is 4. The van der Waals surface area contributed by atoms with Gasteiger partial charge in [-0.25, -0.2) is 4.98 Å². The molecule has 0 saturated heterocycles. The van der Waals surface area contributed by atoms with E-state index in [1.54, 1.807) is 32.4 Å². The van der Waals surface area contributed by atoms with Crippen molar-refractivity contribution in [3.8, 4) is 45.6 Å². The first-order valence-electron chi connectivity index (χ1n) is 11.4. The first-order valence-corrected chi connectivity index (χ1v) is 12.8. The van der Waals surface area contributed by atoms with E-state index in [1.807, 2.05) is 42.5 Å². The number of thioether (sulfide) groups is 1. The topological polar surface area (TPSA) is 94.7 Å². The molecule has 3 aromatic carbocycles. The third-order valence-electron chi connectivity index (χ3n) is 5.63. The lowest BCUT2D eigenvalue weighted by Gasteiger charge is -2.19. The van der Waals surface area contributed by atoms with Crippen molar-refractivity contribution < 1.29 is 23.7 Å². The van der Waals surface area contributed by atoms with Crippen LogP contribution in [0.25, 0.3) is 22.6 Å². The van der Waals surface area contributed by atoms with Gasteiger partial charge in [-0.15, -0.1) is 0 Å². The molecule has 1 aliphatic heterocycles. The van der Waals surface area contributed by atoms with E-state index >= 15 is 0 Å². The molecule has 0 radical (unpaired) electrons. The summed E-state index contributed by atoms with van der Waals surface area (Å²) in [5.41, 5.74) is 3.13. The number of fused-ring (bicyclic) bond motifs is 1. The van der Waals surface area contributed by atoms with E-state index in [-0.39, 0.29) is 11.7 Å². The summed E-state index contributed by atoms with van der Waals surface area (Å²) in [5, 5.41) is 4.23. The maximum atomic E-state index is 12.8. The molecule has 0 saturated carbocycles. The maximum Gasteiger partial charge on any atom is 0.234 e. The molecule has 1 aliphatic rings. The number of hydrogen-bond acceptors (Lipinski definition) is 7. The molecule has 8 nitrogen and oxygen atoms in total. The number of carbonyl (C=O) groups is 1. The van der Waals surface area contributed by atoms with Crippen LogP contribution in [0.15, 0.2) is 65.7 Å². The lowest BCUT2D eigenvalue weighted by Crippen LogP contribution is -2.17. The molecule has 10 heteroatoms. The molecule has 0 fully saturated rings. The lowest BCUT2D eigenvalue weighted by atomic mass is 10.1. The van der Waals surface area contributed by atoms with Crippen LogP contribution in [0.2, 0.25) is 5.02 Å². The van der Waals surface area contributed by atoms with Gasteiger partial charge in [-0.1, -0.05) is 23.4 Å². The first kappa shape index (κ1) is 24.9. The van der Waals surface area contributed by atoms with Crippen LogP contribution in [-0.4, -0.2) is 49.1 Å². The van der Waals surface area contributed by atoms with Gasteiger partial charge in [0.05, 0.1) is 25.7 Å². The number of rotatable bonds is 8. The Morgan fingerprint density at radius 2 is 1.70 bits per heavy atom. The molecule has 0 spiro atoms. The van der Waals surface area contributed by atoms with Gasteiger partial charge in [-0.05, 0) is 54.6 Å². The van der Waals surface area contributed by atoms with Crippen LogP contribution >= 0.6 is 23.4 Å². The minimum Gasteiger partial charge on any atom is -0.493 e. The zero-order valence-corrected chi connectivity index (χ0v) is 21.7. The highest BCUT2D eigenvalue weighted by molar-refractivity contribution is 8.00. The molecule has 2 heterocycles. The fraction of sp³-hybridized carbons (Fsp3) is 0.185.